The van der Waals surface area contributed by atoms with Crippen LogP contribution in [0.4, 0.5) is 5.95 Å². The number of hydrogen-bond acceptors (Lipinski definition) is 9. The van der Waals surface area contributed by atoms with E-state index in [-0.39, 0.29) is 17.0 Å². The number of carboxylic acids is 1. The number of rotatable bonds is 7. The van der Waals surface area contributed by atoms with Gasteiger partial charge in [0, 0.05) is 32.0 Å². The summed E-state index contributed by atoms with van der Waals surface area (Å²) in [5.74, 6) is 1.49. The Balaban J connectivity index is 1.56. The fraction of sp³-hybridized carbons (Fsp3) is 0.435. The summed E-state index contributed by atoms with van der Waals surface area (Å²) in [6.07, 6.45) is 4.31. The second-order valence-corrected chi connectivity index (χ2v) is 8.12. The first-order valence-corrected chi connectivity index (χ1v) is 10.9. The highest BCUT2D eigenvalue weighted by molar-refractivity contribution is 5.89. The van der Waals surface area contributed by atoms with Crippen molar-refractivity contribution in [3.63, 3.8) is 0 Å². The van der Waals surface area contributed by atoms with E-state index in [2.05, 4.69) is 15.0 Å². The van der Waals surface area contributed by atoms with E-state index in [4.69, 9.17) is 19.3 Å². The van der Waals surface area contributed by atoms with Crippen molar-refractivity contribution in [2.75, 3.05) is 39.3 Å². The highest BCUT2D eigenvalue weighted by Gasteiger charge is 2.25. The molecule has 0 radical (unpaired) electrons. The molecule has 3 aromatic rings. The van der Waals surface area contributed by atoms with Crippen molar-refractivity contribution in [1.82, 2.24) is 19.5 Å². The molecule has 1 aromatic carbocycles. The van der Waals surface area contributed by atoms with E-state index in [9.17, 15) is 9.59 Å². The second-order valence-electron chi connectivity index (χ2n) is 8.12. The minimum atomic E-state index is -1.05. The summed E-state index contributed by atoms with van der Waals surface area (Å²) in [6, 6.07) is 1.64. The quantitative estimate of drug-likeness (QED) is 0.549. The second kappa shape index (κ2) is 9.54. The average molecular weight is 469 g/mol. The molecule has 0 saturated carbocycles. The average Bonchev–Trinajstić information content (AvgIpc) is 2.86. The number of aryl methyl sites for hydroxylation is 1. The number of carboxylic acid groups (broad SMARTS) is 1. The van der Waals surface area contributed by atoms with Crippen LogP contribution in [0, 0.1) is 12.8 Å². The largest absolute Gasteiger partial charge is 0.493 e. The van der Waals surface area contributed by atoms with Crippen LogP contribution in [0.15, 0.2) is 23.3 Å². The van der Waals surface area contributed by atoms with Crippen LogP contribution < -0.4 is 24.7 Å². The lowest BCUT2D eigenvalue weighted by Crippen LogP contribution is -2.37. The molecule has 0 amide bonds. The number of hydrogen-bond donors (Lipinski definition) is 1. The van der Waals surface area contributed by atoms with Gasteiger partial charge in [0.25, 0.3) is 5.56 Å². The molecule has 2 aromatic heterocycles. The minimum Gasteiger partial charge on any atom is -0.493 e. The first kappa shape index (κ1) is 23.3. The van der Waals surface area contributed by atoms with Crippen LogP contribution in [0.5, 0.6) is 17.2 Å². The fourth-order valence-corrected chi connectivity index (χ4v) is 4.31. The van der Waals surface area contributed by atoms with Gasteiger partial charge in [-0.1, -0.05) is 0 Å². The lowest BCUT2D eigenvalue weighted by molar-refractivity contribution is 0.0696. The van der Waals surface area contributed by atoms with E-state index in [1.54, 1.807) is 10.6 Å². The van der Waals surface area contributed by atoms with Gasteiger partial charge in [0.2, 0.25) is 11.7 Å². The van der Waals surface area contributed by atoms with E-state index < -0.39 is 5.97 Å². The third-order valence-electron chi connectivity index (χ3n) is 6.17. The number of anilines is 1. The first-order valence-electron chi connectivity index (χ1n) is 10.9. The van der Waals surface area contributed by atoms with Gasteiger partial charge in [0.05, 0.1) is 32.3 Å². The molecule has 1 fully saturated rings. The van der Waals surface area contributed by atoms with Crippen LogP contribution in [0.2, 0.25) is 0 Å². The smallest absolute Gasteiger partial charge is 0.338 e. The van der Waals surface area contributed by atoms with E-state index >= 15 is 0 Å². The van der Waals surface area contributed by atoms with Gasteiger partial charge < -0.3 is 24.2 Å². The molecule has 11 nitrogen and oxygen atoms in total. The molecule has 1 aliphatic rings. The standard InChI is InChI=1S/C23H27N5O6/c1-13-26-18-16(9-17(32-2)19(33-3)20(18)34-4)21(29)28(13)12-14-5-7-27(8-6-14)23-24-10-15(11-25-23)22(30)31/h9-11,14H,5-8,12H2,1-4H3,(H,30,31). The normalized spacial score (nSPS) is 14.3. The molecule has 11 heteroatoms. The molecule has 1 saturated heterocycles. The molecule has 0 bridgehead atoms. The first-order chi connectivity index (χ1) is 16.4. The summed E-state index contributed by atoms with van der Waals surface area (Å²) in [5, 5.41) is 9.42. The summed E-state index contributed by atoms with van der Waals surface area (Å²) >= 11 is 0. The van der Waals surface area contributed by atoms with Crippen LogP contribution in [0.1, 0.15) is 29.0 Å². The van der Waals surface area contributed by atoms with Crippen LogP contribution >= 0.6 is 0 Å². The molecule has 1 N–H and O–H groups in total. The summed E-state index contributed by atoms with van der Waals surface area (Å²) in [6.45, 7) is 3.77. The predicted octanol–water partition coefficient (Wildman–Crippen LogP) is 2.14. The van der Waals surface area contributed by atoms with E-state index in [0.29, 0.717) is 59.6 Å². The number of fused-ring (bicyclic) bond motifs is 1. The Kier molecular flexibility index (Phi) is 6.53. The molecule has 0 spiro atoms. The van der Waals surface area contributed by atoms with Crippen LogP contribution in [-0.4, -0.2) is 65.0 Å². The molecule has 4 rings (SSSR count). The minimum absolute atomic E-state index is 0.0585. The maximum Gasteiger partial charge on any atom is 0.338 e. The van der Waals surface area contributed by atoms with Gasteiger partial charge >= 0.3 is 5.97 Å². The van der Waals surface area contributed by atoms with Crippen molar-refractivity contribution in [2.24, 2.45) is 5.92 Å². The van der Waals surface area contributed by atoms with Gasteiger partial charge in [-0.3, -0.25) is 9.36 Å². The van der Waals surface area contributed by atoms with Crippen molar-refractivity contribution in [1.29, 1.82) is 0 Å². The lowest BCUT2D eigenvalue weighted by Gasteiger charge is -2.32. The molecule has 0 atom stereocenters. The van der Waals surface area contributed by atoms with Crippen LogP contribution in [0.25, 0.3) is 10.9 Å². The lowest BCUT2D eigenvalue weighted by atomic mass is 9.96. The highest BCUT2D eigenvalue weighted by Crippen LogP contribution is 2.41. The Morgan fingerprint density at radius 2 is 1.74 bits per heavy atom. The molecule has 180 valence electrons. The highest BCUT2D eigenvalue weighted by atomic mass is 16.5. The molecular formula is C23H27N5O6. The summed E-state index contributed by atoms with van der Waals surface area (Å²) < 4.78 is 18.0. The van der Waals surface area contributed by atoms with Gasteiger partial charge in [0.15, 0.2) is 11.5 Å². The Hall–Kier alpha value is -3.89. The molecule has 0 unspecified atom stereocenters. The zero-order chi connectivity index (χ0) is 24.4. The number of carbonyl (C=O) groups is 1. The summed E-state index contributed by atoms with van der Waals surface area (Å²) in [4.78, 5) is 39.5. The SMILES string of the molecule is COc1cc2c(=O)n(CC3CCN(c4ncc(C(=O)O)cn4)CC3)c(C)nc2c(OC)c1OC. The number of aromatic carboxylic acids is 1. The van der Waals surface area contributed by atoms with Gasteiger partial charge in [0.1, 0.15) is 11.3 Å². The Morgan fingerprint density at radius 1 is 1.09 bits per heavy atom. The zero-order valence-electron chi connectivity index (χ0n) is 19.6. The molecular weight excluding hydrogens is 442 g/mol. The van der Waals surface area contributed by atoms with Gasteiger partial charge in [-0.15, -0.1) is 0 Å². The third kappa shape index (κ3) is 4.20. The maximum absolute atomic E-state index is 13.4. The van der Waals surface area contributed by atoms with Gasteiger partial charge in [-0.2, -0.15) is 0 Å². The number of aromatic nitrogens is 4. The Bertz CT molecular complexity index is 1270. The topological polar surface area (TPSA) is 129 Å². The Labute approximate surface area is 195 Å². The number of piperidine rings is 1. The monoisotopic (exact) mass is 469 g/mol. The number of ether oxygens (including phenoxy) is 3. The Morgan fingerprint density at radius 3 is 2.29 bits per heavy atom. The maximum atomic E-state index is 13.4. The van der Waals surface area contributed by atoms with Crippen molar-refractivity contribution in [3.05, 3.63) is 40.2 Å². The molecule has 1 aliphatic heterocycles. The van der Waals surface area contributed by atoms with Crippen LogP contribution in [0.3, 0.4) is 0 Å². The third-order valence-corrected chi connectivity index (χ3v) is 6.17. The van der Waals surface area contributed by atoms with Gasteiger partial charge in [-0.05, 0) is 31.7 Å². The van der Waals surface area contributed by atoms with E-state index in [1.807, 2.05) is 11.8 Å². The van der Waals surface area contributed by atoms with Crippen molar-refractivity contribution in [2.45, 2.75) is 26.3 Å². The molecule has 34 heavy (non-hydrogen) atoms. The van der Waals surface area contributed by atoms with Crippen molar-refractivity contribution < 1.29 is 24.1 Å². The molecule has 0 aliphatic carbocycles. The summed E-state index contributed by atoms with van der Waals surface area (Å²) in [7, 11) is 4.53. The van der Waals surface area contributed by atoms with Gasteiger partial charge in [-0.25, -0.2) is 19.7 Å². The van der Waals surface area contributed by atoms with Crippen molar-refractivity contribution in [3.8, 4) is 17.2 Å². The summed E-state index contributed by atoms with van der Waals surface area (Å²) in [5.41, 5.74) is 0.343. The number of nitrogens with zero attached hydrogens (tertiary/aromatic N) is 5. The number of methoxy groups -OCH3 is 3. The molecule has 3 heterocycles. The van der Waals surface area contributed by atoms with Crippen LogP contribution in [-0.2, 0) is 6.54 Å². The van der Waals surface area contributed by atoms with E-state index in [1.165, 1.54) is 33.7 Å². The predicted molar refractivity (Wildman–Crippen MR) is 124 cm³/mol. The fourth-order valence-electron chi connectivity index (χ4n) is 4.31. The number of benzene rings is 1. The van der Waals surface area contributed by atoms with Crippen molar-refractivity contribution >= 4 is 22.8 Å². The zero-order valence-corrected chi connectivity index (χ0v) is 19.6. The van der Waals surface area contributed by atoms with E-state index in [0.717, 1.165) is 12.8 Å².